The summed E-state index contributed by atoms with van der Waals surface area (Å²) in [6.45, 7) is 9.66. The van der Waals surface area contributed by atoms with Gasteiger partial charge in [-0.05, 0) is 44.0 Å². The number of anilines is 4. The molecule has 1 N–H and O–H groups in total. The lowest BCUT2D eigenvalue weighted by molar-refractivity contribution is 0.633. The molecule has 1 aliphatic heterocycles. The van der Waals surface area contributed by atoms with E-state index in [-0.39, 0.29) is 0 Å². The molecule has 0 saturated carbocycles. The summed E-state index contributed by atoms with van der Waals surface area (Å²) in [5.41, 5.74) is 3.57. The van der Waals surface area contributed by atoms with Crippen molar-refractivity contribution in [1.29, 1.82) is 0 Å². The zero-order valence-electron chi connectivity index (χ0n) is 16.6. The molecule has 0 atom stereocenters. The molecule has 1 aromatic carbocycles. The summed E-state index contributed by atoms with van der Waals surface area (Å²) in [5.74, 6) is 3.33. The van der Waals surface area contributed by atoms with E-state index in [1.54, 1.807) is 12.4 Å². The van der Waals surface area contributed by atoms with Gasteiger partial charge in [0, 0.05) is 50.3 Å². The molecule has 1 aliphatic rings. The molecule has 144 valence electrons. The summed E-state index contributed by atoms with van der Waals surface area (Å²) in [7, 11) is 0. The first-order valence-corrected chi connectivity index (χ1v) is 9.56. The van der Waals surface area contributed by atoms with Gasteiger partial charge in [0.25, 0.3) is 0 Å². The number of hydrogen-bond donors (Lipinski definition) is 1. The standard InChI is InChI=1S/C21H25N7/c1-15-6-4-7-18(16(15)2)26-19-14-20(25-17(3)24-19)27-10-12-28(13-11-27)21-22-8-5-9-23-21/h4-9,14H,10-13H2,1-3H3,(H,24,25,26). The van der Waals surface area contributed by atoms with Crippen LogP contribution < -0.4 is 15.1 Å². The Morgan fingerprint density at radius 2 is 1.57 bits per heavy atom. The smallest absolute Gasteiger partial charge is 0.225 e. The van der Waals surface area contributed by atoms with Gasteiger partial charge >= 0.3 is 0 Å². The van der Waals surface area contributed by atoms with Crippen LogP contribution in [0.1, 0.15) is 17.0 Å². The van der Waals surface area contributed by atoms with Crippen molar-refractivity contribution in [2.75, 3.05) is 41.3 Å². The molecular weight excluding hydrogens is 350 g/mol. The highest BCUT2D eigenvalue weighted by Crippen LogP contribution is 2.24. The Hall–Kier alpha value is -3.22. The van der Waals surface area contributed by atoms with E-state index in [4.69, 9.17) is 0 Å². The van der Waals surface area contributed by atoms with E-state index in [0.29, 0.717) is 0 Å². The van der Waals surface area contributed by atoms with E-state index in [2.05, 4.69) is 67.1 Å². The van der Waals surface area contributed by atoms with Gasteiger partial charge in [-0.25, -0.2) is 19.9 Å². The molecule has 1 fully saturated rings. The van der Waals surface area contributed by atoms with Gasteiger partial charge in [-0.2, -0.15) is 0 Å². The van der Waals surface area contributed by atoms with Crippen LogP contribution in [0.3, 0.4) is 0 Å². The molecule has 0 unspecified atom stereocenters. The van der Waals surface area contributed by atoms with Gasteiger partial charge in [-0.15, -0.1) is 0 Å². The summed E-state index contributed by atoms with van der Waals surface area (Å²) in [5, 5.41) is 3.46. The lowest BCUT2D eigenvalue weighted by Gasteiger charge is -2.35. The number of nitrogens with one attached hydrogen (secondary N) is 1. The lowest BCUT2D eigenvalue weighted by atomic mass is 10.1. The molecule has 1 saturated heterocycles. The molecular formula is C21H25N7. The summed E-state index contributed by atoms with van der Waals surface area (Å²) < 4.78 is 0. The Morgan fingerprint density at radius 1 is 0.857 bits per heavy atom. The van der Waals surface area contributed by atoms with Gasteiger partial charge in [0.2, 0.25) is 5.95 Å². The van der Waals surface area contributed by atoms with E-state index in [0.717, 1.165) is 55.3 Å². The zero-order valence-corrected chi connectivity index (χ0v) is 16.6. The molecule has 0 bridgehead atoms. The number of benzene rings is 1. The minimum atomic E-state index is 0.763. The van der Waals surface area contributed by atoms with Crippen LogP contribution in [0, 0.1) is 20.8 Å². The summed E-state index contributed by atoms with van der Waals surface area (Å²) >= 11 is 0. The van der Waals surface area contributed by atoms with Crippen molar-refractivity contribution >= 4 is 23.3 Å². The lowest BCUT2D eigenvalue weighted by Crippen LogP contribution is -2.47. The summed E-state index contributed by atoms with van der Waals surface area (Å²) in [6, 6.07) is 10.1. The van der Waals surface area contributed by atoms with Crippen LogP contribution in [0.15, 0.2) is 42.7 Å². The number of nitrogens with zero attached hydrogens (tertiary/aromatic N) is 6. The van der Waals surface area contributed by atoms with E-state index in [1.807, 2.05) is 19.1 Å². The fourth-order valence-corrected chi connectivity index (χ4v) is 3.39. The second-order valence-electron chi connectivity index (χ2n) is 7.05. The highest BCUT2D eigenvalue weighted by atomic mass is 15.3. The van der Waals surface area contributed by atoms with Crippen LogP contribution in [0.2, 0.25) is 0 Å². The third-order valence-electron chi connectivity index (χ3n) is 5.13. The normalized spacial score (nSPS) is 14.2. The van der Waals surface area contributed by atoms with Crippen molar-refractivity contribution in [2.45, 2.75) is 20.8 Å². The molecule has 7 heteroatoms. The highest BCUT2D eigenvalue weighted by Gasteiger charge is 2.20. The van der Waals surface area contributed by atoms with Gasteiger partial charge < -0.3 is 15.1 Å². The largest absolute Gasteiger partial charge is 0.353 e. The van der Waals surface area contributed by atoms with Crippen LogP contribution in [0.25, 0.3) is 0 Å². The van der Waals surface area contributed by atoms with Gasteiger partial charge in [0.05, 0.1) is 0 Å². The minimum absolute atomic E-state index is 0.763. The maximum Gasteiger partial charge on any atom is 0.225 e. The van der Waals surface area contributed by atoms with Gasteiger partial charge in [0.1, 0.15) is 17.5 Å². The first-order chi connectivity index (χ1) is 13.6. The van der Waals surface area contributed by atoms with Crippen molar-refractivity contribution < 1.29 is 0 Å². The van der Waals surface area contributed by atoms with E-state index in [9.17, 15) is 0 Å². The van der Waals surface area contributed by atoms with Crippen LogP contribution in [0.5, 0.6) is 0 Å². The van der Waals surface area contributed by atoms with Crippen molar-refractivity contribution in [3.63, 3.8) is 0 Å². The first-order valence-electron chi connectivity index (χ1n) is 9.56. The minimum Gasteiger partial charge on any atom is -0.353 e. The first kappa shape index (κ1) is 18.2. The Kier molecular flexibility index (Phi) is 5.06. The van der Waals surface area contributed by atoms with Crippen molar-refractivity contribution in [3.8, 4) is 0 Å². The van der Waals surface area contributed by atoms with Gasteiger partial charge in [0.15, 0.2) is 0 Å². The molecule has 0 amide bonds. The Morgan fingerprint density at radius 3 is 2.32 bits per heavy atom. The number of rotatable bonds is 4. The molecule has 0 spiro atoms. The number of piperazine rings is 1. The molecule has 0 aliphatic carbocycles. The second-order valence-corrected chi connectivity index (χ2v) is 7.05. The fourth-order valence-electron chi connectivity index (χ4n) is 3.39. The predicted octanol–water partition coefficient (Wildman–Crippen LogP) is 3.26. The molecule has 3 heterocycles. The third-order valence-corrected chi connectivity index (χ3v) is 5.13. The average molecular weight is 375 g/mol. The molecule has 7 nitrogen and oxygen atoms in total. The van der Waals surface area contributed by atoms with Crippen LogP contribution in [-0.4, -0.2) is 46.1 Å². The number of aromatic nitrogens is 4. The Labute approximate surface area is 165 Å². The Balaban J connectivity index is 1.49. The van der Waals surface area contributed by atoms with E-state index >= 15 is 0 Å². The molecule has 28 heavy (non-hydrogen) atoms. The highest BCUT2D eigenvalue weighted by molar-refractivity contribution is 5.64. The zero-order chi connectivity index (χ0) is 19.5. The average Bonchev–Trinajstić information content (AvgIpc) is 2.72. The molecule has 0 radical (unpaired) electrons. The quantitative estimate of drug-likeness (QED) is 0.750. The number of aryl methyl sites for hydroxylation is 2. The molecule has 2 aromatic heterocycles. The molecule has 4 rings (SSSR count). The van der Waals surface area contributed by atoms with Crippen molar-refractivity contribution in [3.05, 3.63) is 59.7 Å². The fraction of sp³-hybridized carbons (Fsp3) is 0.333. The SMILES string of the molecule is Cc1nc(Nc2cccc(C)c2C)cc(N2CCN(c3ncccn3)CC2)n1. The Bertz CT molecular complexity index is 950. The maximum absolute atomic E-state index is 4.66. The predicted molar refractivity (Wildman–Crippen MR) is 112 cm³/mol. The van der Waals surface area contributed by atoms with Crippen LogP contribution in [-0.2, 0) is 0 Å². The molecule has 3 aromatic rings. The second kappa shape index (κ2) is 7.80. The van der Waals surface area contributed by atoms with Crippen molar-refractivity contribution in [1.82, 2.24) is 19.9 Å². The van der Waals surface area contributed by atoms with Gasteiger partial charge in [-0.3, -0.25) is 0 Å². The summed E-state index contributed by atoms with van der Waals surface area (Å²) in [6.07, 6.45) is 3.57. The maximum atomic E-state index is 4.66. The van der Waals surface area contributed by atoms with Gasteiger partial charge in [-0.1, -0.05) is 12.1 Å². The van der Waals surface area contributed by atoms with Crippen LogP contribution in [0.4, 0.5) is 23.3 Å². The van der Waals surface area contributed by atoms with E-state index in [1.165, 1.54) is 11.1 Å². The monoisotopic (exact) mass is 375 g/mol. The van der Waals surface area contributed by atoms with Crippen LogP contribution >= 0.6 is 0 Å². The van der Waals surface area contributed by atoms with E-state index < -0.39 is 0 Å². The third kappa shape index (κ3) is 3.88. The topological polar surface area (TPSA) is 70.1 Å². The number of hydrogen-bond acceptors (Lipinski definition) is 7. The summed E-state index contributed by atoms with van der Waals surface area (Å²) in [4.78, 5) is 22.4. The van der Waals surface area contributed by atoms with Crippen molar-refractivity contribution in [2.24, 2.45) is 0 Å².